The van der Waals surface area contributed by atoms with Crippen LogP contribution in [0.2, 0.25) is 0 Å². The van der Waals surface area contributed by atoms with Gasteiger partial charge in [-0.25, -0.2) is 9.69 Å². The van der Waals surface area contributed by atoms with Crippen LogP contribution >= 0.6 is 0 Å². The molecule has 2 amide bonds. The molecule has 0 spiro atoms. The summed E-state index contributed by atoms with van der Waals surface area (Å²) in [5.41, 5.74) is 0.349. The average molecular weight is 222 g/mol. The fraction of sp³-hybridized carbons (Fsp3) is 0.273. The molecule has 0 aliphatic rings. The van der Waals surface area contributed by atoms with Gasteiger partial charge < -0.3 is 10.4 Å². The first-order valence-corrected chi connectivity index (χ1v) is 4.87. The zero-order valence-corrected chi connectivity index (χ0v) is 9.18. The van der Waals surface area contributed by atoms with Gasteiger partial charge in [0, 0.05) is 0 Å². The van der Waals surface area contributed by atoms with Crippen LogP contribution in [0.25, 0.3) is 0 Å². The lowest BCUT2D eigenvalue weighted by atomic mass is 10.2. The van der Waals surface area contributed by atoms with Crippen LogP contribution in [0.15, 0.2) is 30.3 Å². The Balaban J connectivity index is 3.02. The van der Waals surface area contributed by atoms with Crippen molar-refractivity contribution in [3.63, 3.8) is 0 Å². The monoisotopic (exact) mass is 222 g/mol. The van der Waals surface area contributed by atoms with E-state index in [1.165, 1.54) is 0 Å². The number of hydrogen-bond acceptors (Lipinski definition) is 3. The second-order valence-electron chi connectivity index (χ2n) is 3.30. The molecule has 1 atom stereocenters. The first-order chi connectivity index (χ1) is 7.57. The maximum atomic E-state index is 11.8. The van der Waals surface area contributed by atoms with Crippen molar-refractivity contribution in [3.8, 4) is 0 Å². The van der Waals surface area contributed by atoms with Crippen molar-refractivity contribution >= 4 is 17.7 Å². The Morgan fingerprint density at radius 3 is 2.31 bits per heavy atom. The Morgan fingerprint density at radius 1 is 1.31 bits per heavy atom. The SMILES string of the molecule is CNC(C)C(=O)N(C(=O)O)c1ccccc1. The summed E-state index contributed by atoms with van der Waals surface area (Å²) in [4.78, 5) is 23.6. The molecule has 0 aliphatic carbocycles. The van der Waals surface area contributed by atoms with Gasteiger partial charge in [-0.1, -0.05) is 18.2 Å². The maximum absolute atomic E-state index is 11.8. The van der Waals surface area contributed by atoms with Gasteiger partial charge in [0.05, 0.1) is 11.7 Å². The summed E-state index contributed by atoms with van der Waals surface area (Å²) >= 11 is 0. The van der Waals surface area contributed by atoms with Crippen molar-refractivity contribution in [1.29, 1.82) is 0 Å². The van der Waals surface area contributed by atoms with E-state index >= 15 is 0 Å². The Bertz CT molecular complexity index is 378. The number of nitrogens with zero attached hydrogens (tertiary/aromatic N) is 1. The molecule has 0 aromatic heterocycles. The van der Waals surface area contributed by atoms with Crippen LogP contribution in [0.5, 0.6) is 0 Å². The van der Waals surface area contributed by atoms with Crippen molar-refractivity contribution in [2.75, 3.05) is 11.9 Å². The van der Waals surface area contributed by atoms with Gasteiger partial charge in [-0.05, 0) is 26.1 Å². The number of nitrogens with one attached hydrogen (secondary N) is 1. The number of amides is 2. The van der Waals surface area contributed by atoms with Gasteiger partial charge in [0.15, 0.2) is 0 Å². The molecule has 0 heterocycles. The third-order valence-corrected chi connectivity index (χ3v) is 2.23. The first-order valence-electron chi connectivity index (χ1n) is 4.87. The minimum absolute atomic E-state index is 0.349. The first kappa shape index (κ1) is 12.2. The van der Waals surface area contributed by atoms with Crippen molar-refractivity contribution in [2.45, 2.75) is 13.0 Å². The van der Waals surface area contributed by atoms with E-state index < -0.39 is 18.0 Å². The maximum Gasteiger partial charge on any atom is 0.418 e. The number of carbonyl (C=O) groups is 2. The second kappa shape index (κ2) is 5.27. The predicted molar refractivity (Wildman–Crippen MR) is 60.5 cm³/mol. The highest BCUT2D eigenvalue weighted by Gasteiger charge is 2.26. The molecule has 5 heteroatoms. The Hall–Kier alpha value is -1.88. The highest BCUT2D eigenvalue weighted by Crippen LogP contribution is 2.14. The van der Waals surface area contributed by atoms with Crippen LogP contribution in [-0.4, -0.2) is 30.2 Å². The van der Waals surface area contributed by atoms with Gasteiger partial charge in [0.1, 0.15) is 0 Å². The molecule has 1 aromatic rings. The number of hydrogen-bond donors (Lipinski definition) is 2. The zero-order chi connectivity index (χ0) is 12.1. The summed E-state index contributed by atoms with van der Waals surface area (Å²) in [6.07, 6.45) is -1.28. The van der Waals surface area contributed by atoms with Crippen LogP contribution in [0.4, 0.5) is 10.5 Å². The molecule has 2 N–H and O–H groups in total. The summed E-state index contributed by atoms with van der Waals surface area (Å²) in [5.74, 6) is -0.499. The molecule has 0 fully saturated rings. The summed E-state index contributed by atoms with van der Waals surface area (Å²) < 4.78 is 0. The van der Waals surface area contributed by atoms with Crippen molar-refractivity contribution in [2.24, 2.45) is 0 Å². The summed E-state index contributed by atoms with van der Waals surface area (Å²) in [6, 6.07) is 7.74. The summed E-state index contributed by atoms with van der Waals surface area (Å²) in [7, 11) is 1.60. The van der Waals surface area contributed by atoms with Gasteiger partial charge in [0.25, 0.3) is 5.91 Å². The number of rotatable bonds is 3. The fourth-order valence-electron chi connectivity index (χ4n) is 1.23. The van der Waals surface area contributed by atoms with E-state index in [4.69, 9.17) is 5.11 Å². The molecule has 1 rings (SSSR count). The second-order valence-corrected chi connectivity index (χ2v) is 3.30. The van der Waals surface area contributed by atoms with Crippen LogP contribution in [-0.2, 0) is 4.79 Å². The average Bonchev–Trinajstić information content (AvgIpc) is 2.29. The fourth-order valence-corrected chi connectivity index (χ4v) is 1.23. The molecule has 0 aliphatic heterocycles. The topological polar surface area (TPSA) is 69.6 Å². The van der Waals surface area contributed by atoms with E-state index in [0.29, 0.717) is 5.69 Å². The number of carbonyl (C=O) groups excluding carboxylic acids is 1. The Labute approximate surface area is 93.7 Å². The molecule has 1 aromatic carbocycles. The summed E-state index contributed by atoms with van der Waals surface area (Å²) in [6.45, 7) is 1.61. The van der Waals surface area contributed by atoms with Crippen molar-refractivity contribution < 1.29 is 14.7 Å². The van der Waals surface area contributed by atoms with E-state index in [1.807, 2.05) is 0 Å². The van der Waals surface area contributed by atoms with E-state index in [2.05, 4.69) is 5.32 Å². The predicted octanol–water partition coefficient (Wildman–Crippen LogP) is 1.31. The number of likely N-dealkylation sites (N-methyl/N-ethyl adjacent to an activating group) is 1. The van der Waals surface area contributed by atoms with Crippen LogP contribution in [0.1, 0.15) is 6.92 Å². The standard InChI is InChI=1S/C11H14N2O3/c1-8(12-2)10(14)13(11(15)16)9-6-4-3-5-7-9/h3-8,12H,1-2H3,(H,15,16). The molecule has 0 radical (unpaired) electrons. The lowest BCUT2D eigenvalue weighted by Crippen LogP contribution is -2.46. The minimum atomic E-state index is -1.28. The zero-order valence-electron chi connectivity index (χ0n) is 9.18. The number of imide groups is 1. The number of benzene rings is 1. The van der Waals surface area contributed by atoms with Gasteiger partial charge in [-0.2, -0.15) is 0 Å². The highest BCUT2D eigenvalue weighted by molar-refractivity contribution is 6.13. The lowest BCUT2D eigenvalue weighted by Gasteiger charge is -2.20. The van der Waals surface area contributed by atoms with Crippen LogP contribution in [0, 0.1) is 0 Å². The smallest absolute Gasteiger partial charge is 0.418 e. The van der Waals surface area contributed by atoms with E-state index in [9.17, 15) is 9.59 Å². The normalized spacial score (nSPS) is 11.9. The van der Waals surface area contributed by atoms with Crippen LogP contribution in [0.3, 0.4) is 0 Å². The van der Waals surface area contributed by atoms with Gasteiger partial charge in [-0.3, -0.25) is 4.79 Å². The molecule has 1 unspecified atom stereocenters. The third kappa shape index (κ3) is 2.58. The third-order valence-electron chi connectivity index (χ3n) is 2.23. The van der Waals surface area contributed by atoms with E-state index in [0.717, 1.165) is 4.90 Å². The van der Waals surface area contributed by atoms with Gasteiger partial charge in [-0.15, -0.1) is 0 Å². The van der Waals surface area contributed by atoms with E-state index in [1.54, 1.807) is 44.3 Å². The van der Waals surface area contributed by atoms with Crippen LogP contribution < -0.4 is 10.2 Å². The molecular formula is C11H14N2O3. The number of carboxylic acid groups (broad SMARTS) is 1. The molecule has 0 saturated carbocycles. The minimum Gasteiger partial charge on any atom is -0.464 e. The molecular weight excluding hydrogens is 208 g/mol. The van der Waals surface area contributed by atoms with Crippen molar-refractivity contribution in [3.05, 3.63) is 30.3 Å². The van der Waals surface area contributed by atoms with Gasteiger partial charge in [0.2, 0.25) is 0 Å². The molecule has 5 nitrogen and oxygen atoms in total. The van der Waals surface area contributed by atoms with Crippen molar-refractivity contribution in [1.82, 2.24) is 5.32 Å². The van der Waals surface area contributed by atoms with E-state index in [-0.39, 0.29) is 0 Å². The summed E-state index contributed by atoms with van der Waals surface area (Å²) in [5, 5.41) is 11.7. The lowest BCUT2D eigenvalue weighted by molar-refractivity contribution is -0.119. The molecule has 16 heavy (non-hydrogen) atoms. The molecule has 86 valence electrons. The largest absolute Gasteiger partial charge is 0.464 e. The quantitative estimate of drug-likeness (QED) is 0.808. The van der Waals surface area contributed by atoms with Gasteiger partial charge >= 0.3 is 6.09 Å². The molecule has 0 bridgehead atoms. The highest BCUT2D eigenvalue weighted by atomic mass is 16.4. The molecule has 0 saturated heterocycles. The Morgan fingerprint density at radius 2 is 1.88 bits per heavy atom. The Kier molecular flexibility index (Phi) is 4.02. The number of anilines is 1. The number of para-hydroxylation sites is 1.